The van der Waals surface area contributed by atoms with E-state index in [1.165, 1.54) is 17.3 Å². The predicted octanol–water partition coefficient (Wildman–Crippen LogP) is 2.02. The molecule has 1 aliphatic heterocycles. The molecule has 1 aliphatic rings. The Morgan fingerprint density at radius 1 is 1.10 bits per heavy atom. The van der Waals surface area contributed by atoms with Crippen LogP contribution in [-0.2, 0) is 26.0 Å². The van der Waals surface area contributed by atoms with Crippen LogP contribution in [0.15, 0.2) is 46.7 Å². The molecule has 0 aliphatic carbocycles. The van der Waals surface area contributed by atoms with Gasteiger partial charge in [-0.05, 0) is 31.0 Å². The second-order valence-electron chi connectivity index (χ2n) is 7.16. The molecule has 1 fully saturated rings. The van der Waals surface area contributed by atoms with E-state index in [1.807, 2.05) is 35.2 Å². The van der Waals surface area contributed by atoms with E-state index in [2.05, 4.69) is 5.32 Å². The summed E-state index contributed by atoms with van der Waals surface area (Å²) in [5.41, 5.74) is 0.977. The molecular weight excluding hydrogens is 446 g/mol. The first kappa shape index (κ1) is 22.9. The zero-order valence-electron chi connectivity index (χ0n) is 16.6. The molecule has 1 atom stereocenters. The Morgan fingerprint density at radius 3 is 2.33 bits per heavy atom. The van der Waals surface area contributed by atoms with Crippen molar-refractivity contribution in [1.29, 1.82) is 0 Å². The van der Waals surface area contributed by atoms with Crippen molar-refractivity contribution in [1.82, 2.24) is 14.5 Å². The molecule has 0 bridgehead atoms. The van der Waals surface area contributed by atoms with Gasteiger partial charge in [-0.2, -0.15) is 4.31 Å². The Labute approximate surface area is 185 Å². The molecule has 2 heterocycles. The van der Waals surface area contributed by atoms with Crippen LogP contribution in [0.3, 0.4) is 0 Å². The van der Waals surface area contributed by atoms with Crippen LogP contribution in [0.4, 0.5) is 0 Å². The lowest BCUT2D eigenvalue weighted by atomic mass is 10.0. The zero-order valence-corrected chi connectivity index (χ0v) is 19.0. The van der Waals surface area contributed by atoms with Gasteiger partial charge in [0, 0.05) is 26.2 Å². The minimum absolute atomic E-state index is 0.0993. The van der Waals surface area contributed by atoms with Crippen LogP contribution >= 0.6 is 22.9 Å². The van der Waals surface area contributed by atoms with Crippen LogP contribution in [0.25, 0.3) is 0 Å². The first-order valence-corrected chi connectivity index (χ1v) is 12.2. The number of nitrogens with one attached hydrogen (secondary N) is 1. The van der Waals surface area contributed by atoms with Gasteiger partial charge in [-0.1, -0.05) is 41.9 Å². The number of benzene rings is 1. The van der Waals surface area contributed by atoms with Gasteiger partial charge in [0.15, 0.2) is 5.78 Å². The first-order valence-electron chi connectivity index (χ1n) is 9.57. The molecule has 0 saturated carbocycles. The monoisotopic (exact) mass is 469 g/mol. The highest BCUT2D eigenvalue weighted by molar-refractivity contribution is 7.91. The average Bonchev–Trinajstić information content (AvgIpc) is 3.16. The smallest absolute Gasteiger partial charge is 0.252 e. The standard InChI is InChI=1S/C20H24ClN3O4S2/c1-15(25)17(13-16-5-3-2-4-6-16)22-19(26)14-23-9-11-24(12-10-23)30(27,28)20-8-7-18(21)29-20/h2-8,17H,9-14H2,1H3,(H,22,26)/t17-/m0/s1. The number of carbonyl (C=O) groups excluding carboxylic acids is 2. The molecule has 3 rings (SSSR count). The van der Waals surface area contributed by atoms with E-state index in [9.17, 15) is 18.0 Å². The Hall–Kier alpha value is -1.78. The molecule has 2 aromatic rings. The number of rotatable bonds is 8. The van der Waals surface area contributed by atoms with E-state index in [0.29, 0.717) is 36.9 Å². The van der Waals surface area contributed by atoms with Gasteiger partial charge < -0.3 is 5.32 Å². The number of hydrogen-bond acceptors (Lipinski definition) is 6. The maximum Gasteiger partial charge on any atom is 0.252 e. The van der Waals surface area contributed by atoms with Crippen LogP contribution < -0.4 is 5.32 Å². The van der Waals surface area contributed by atoms with Gasteiger partial charge in [-0.15, -0.1) is 11.3 Å². The maximum absolute atomic E-state index is 12.7. The number of halogens is 1. The fourth-order valence-corrected chi connectivity index (χ4v) is 6.34. The number of Topliss-reactive ketones (excluding diaryl/α,β-unsaturated/α-hetero) is 1. The van der Waals surface area contributed by atoms with Crippen molar-refractivity contribution < 1.29 is 18.0 Å². The van der Waals surface area contributed by atoms with Gasteiger partial charge >= 0.3 is 0 Å². The second-order valence-corrected chi connectivity index (χ2v) is 11.0. The molecule has 0 unspecified atom stereocenters. The van der Waals surface area contributed by atoms with Gasteiger partial charge in [0.1, 0.15) is 4.21 Å². The molecule has 7 nitrogen and oxygen atoms in total. The summed E-state index contributed by atoms with van der Waals surface area (Å²) in [6.07, 6.45) is 0.442. The first-order chi connectivity index (χ1) is 14.3. The van der Waals surface area contributed by atoms with E-state index in [-0.39, 0.29) is 22.4 Å². The highest BCUT2D eigenvalue weighted by atomic mass is 35.5. The minimum Gasteiger partial charge on any atom is -0.345 e. The van der Waals surface area contributed by atoms with Gasteiger partial charge in [0.25, 0.3) is 10.0 Å². The van der Waals surface area contributed by atoms with E-state index in [0.717, 1.165) is 16.9 Å². The topological polar surface area (TPSA) is 86.8 Å². The summed E-state index contributed by atoms with van der Waals surface area (Å²) in [6, 6.07) is 12.0. The lowest BCUT2D eigenvalue weighted by Crippen LogP contribution is -2.52. The van der Waals surface area contributed by atoms with Gasteiger partial charge in [0.2, 0.25) is 5.91 Å². The third kappa shape index (κ3) is 5.89. The minimum atomic E-state index is -3.56. The summed E-state index contributed by atoms with van der Waals surface area (Å²) in [6.45, 7) is 3.06. The average molecular weight is 470 g/mol. The van der Waals surface area contributed by atoms with Crippen molar-refractivity contribution in [2.24, 2.45) is 0 Å². The molecule has 162 valence electrons. The highest BCUT2D eigenvalue weighted by Gasteiger charge is 2.30. The molecule has 1 N–H and O–H groups in total. The third-order valence-electron chi connectivity index (χ3n) is 4.95. The van der Waals surface area contributed by atoms with E-state index in [1.54, 1.807) is 6.07 Å². The van der Waals surface area contributed by atoms with Crippen LogP contribution in [0.2, 0.25) is 4.34 Å². The second kappa shape index (κ2) is 10.0. The quantitative estimate of drug-likeness (QED) is 0.639. The predicted molar refractivity (Wildman–Crippen MR) is 117 cm³/mol. The molecule has 1 aromatic heterocycles. The summed E-state index contributed by atoms with van der Waals surface area (Å²) in [5.74, 6) is -0.342. The largest absolute Gasteiger partial charge is 0.345 e. The van der Waals surface area contributed by atoms with E-state index < -0.39 is 16.1 Å². The fourth-order valence-electron chi connectivity index (χ4n) is 3.28. The zero-order chi connectivity index (χ0) is 21.7. The van der Waals surface area contributed by atoms with E-state index >= 15 is 0 Å². The van der Waals surface area contributed by atoms with E-state index in [4.69, 9.17) is 11.6 Å². The maximum atomic E-state index is 12.7. The van der Waals surface area contributed by atoms with Crippen molar-refractivity contribution in [2.45, 2.75) is 23.6 Å². The number of piperazine rings is 1. The summed E-state index contributed by atoms with van der Waals surface area (Å²) in [7, 11) is -3.56. The lowest BCUT2D eigenvalue weighted by molar-refractivity contribution is -0.127. The Bertz CT molecular complexity index is 986. The number of carbonyl (C=O) groups is 2. The van der Waals surface area contributed by atoms with Crippen molar-refractivity contribution >= 4 is 44.7 Å². The number of nitrogens with zero attached hydrogens (tertiary/aromatic N) is 2. The number of sulfonamides is 1. The van der Waals surface area contributed by atoms with Gasteiger partial charge in [0.05, 0.1) is 16.9 Å². The summed E-state index contributed by atoms with van der Waals surface area (Å²) in [4.78, 5) is 26.3. The molecule has 1 aromatic carbocycles. The van der Waals surface area contributed by atoms with Crippen LogP contribution in [0, 0.1) is 0 Å². The Kier molecular flexibility index (Phi) is 7.65. The SMILES string of the molecule is CC(=O)[C@H](Cc1ccccc1)NC(=O)CN1CCN(S(=O)(=O)c2ccc(Cl)s2)CC1. The Morgan fingerprint density at radius 2 is 1.77 bits per heavy atom. The van der Waals surface area contributed by atoms with Crippen LogP contribution in [-0.4, -0.2) is 68.1 Å². The molecule has 30 heavy (non-hydrogen) atoms. The lowest BCUT2D eigenvalue weighted by Gasteiger charge is -2.33. The highest BCUT2D eigenvalue weighted by Crippen LogP contribution is 2.28. The molecule has 0 radical (unpaired) electrons. The number of thiophene rings is 1. The molecule has 1 amide bonds. The summed E-state index contributed by atoms with van der Waals surface area (Å²) < 4.78 is 27.4. The summed E-state index contributed by atoms with van der Waals surface area (Å²) in [5, 5.41) is 2.81. The van der Waals surface area contributed by atoms with Crippen LogP contribution in [0.5, 0.6) is 0 Å². The van der Waals surface area contributed by atoms with Crippen molar-refractivity contribution in [2.75, 3.05) is 32.7 Å². The van der Waals surface area contributed by atoms with Crippen molar-refractivity contribution in [3.63, 3.8) is 0 Å². The Balaban J connectivity index is 1.51. The van der Waals surface area contributed by atoms with Crippen molar-refractivity contribution in [3.05, 3.63) is 52.4 Å². The fraction of sp³-hybridized carbons (Fsp3) is 0.400. The molecule has 0 spiro atoms. The molecule has 1 saturated heterocycles. The number of amides is 1. The van der Waals surface area contributed by atoms with Crippen molar-refractivity contribution in [3.8, 4) is 0 Å². The number of ketones is 1. The molecular formula is C20H24ClN3O4S2. The van der Waals surface area contributed by atoms with Gasteiger partial charge in [-0.3, -0.25) is 14.5 Å². The third-order valence-corrected chi connectivity index (χ3v) is 8.55. The summed E-state index contributed by atoms with van der Waals surface area (Å²) >= 11 is 6.90. The van der Waals surface area contributed by atoms with Gasteiger partial charge in [-0.25, -0.2) is 8.42 Å². The number of hydrogen-bond donors (Lipinski definition) is 1. The molecule has 10 heteroatoms. The van der Waals surface area contributed by atoms with Crippen LogP contribution in [0.1, 0.15) is 12.5 Å². The normalized spacial score (nSPS) is 16.9.